The second-order valence-corrected chi connectivity index (χ2v) is 5.71. The first-order valence-corrected chi connectivity index (χ1v) is 7.58. The topological polar surface area (TPSA) is 68.0 Å². The summed E-state index contributed by atoms with van der Waals surface area (Å²) in [4.78, 5) is 4.35. The molecule has 0 aliphatic carbocycles. The summed E-state index contributed by atoms with van der Waals surface area (Å²) in [7, 11) is -0.730. The highest BCUT2D eigenvalue weighted by Gasteiger charge is 2.04. The van der Waals surface area contributed by atoms with Crippen molar-refractivity contribution in [2.45, 2.75) is 6.42 Å². The first-order chi connectivity index (χ1) is 8.68. The van der Waals surface area contributed by atoms with E-state index in [2.05, 4.69) is 10.3 Å². The molecule has 0 radical (unpaired) electrons. The zero-order valence-corrected chi connectivity index (χ0v) is 11.2. The van der Waals surface area contributed by atoms with E-state index in [0.29, 0.717) is 5.75 Å². The van der Waals surface area contributed by atoms with Gasteiger partial charge < -0.3 is 11.1 Å². The number of rotatable bonds is 5. The lowest BCUT2D eigenvalue weighted by Crippen LogP contribution is -2.07. The van der Waals surface area contributed by atoms with E-state index in [1.54, 1.807) is 12.5 Å². The lowest BCUT2D eigenvalue weighted by Gasteiger charge is -2.10. The number of pyridine rings is 1. The molecule has 1 atom stereocenters. The molecule has 2 rings (SSSR count). The Morgan fingerprint density at radius 3 is 3.00 bits per heavy atom. The quantitative estimate of drug-likeness (QED) is 0.639. The Labute approximate surface area is 109 Å². The maximum Gasteiger partial charge on any atom is 0.0953 e. The third-order valence-corrected chi connectivity index (χ3v) is 3.59. The summed E-state index contributed by atoms with van der Waals surface area (Å²) in [6.07, 6.45) is 4.36. The predicted octanol–water partition coefficient (Wildman–Crippen LogP) is 2.00. The molecule has 1 aromatic heterocycles. The second kappa shape index (κ2) is 5.82. The highest BCUT2D eigenvalue weighted by Crippen LogP contribution is 2.25. The maximum absolute atomic E-state index is 11.0. The van der Waals surface area contributed by atoms with Crippen LogP contribution in [0.25, 0.3) is 10.9 Å². The maximum atomic E-state index is 11.0. The van der Waals surface area contributed by atoms with E-state index in [4.69, 9.17) is 5.73 Å². The van der Waals surface area contributed by atoms with Gasteiger partial charge in [-0.3, -0.25) is 9.19 Å². The van der Waals surface area contributed by atoms with Gasteiger partial charge in [-0.25, -0.2) is 0 Å². The van der Waals surface area contributed by atoms with Gasteiger partial charge in [-0.2, -0.15) is 0 Å². The van der Waals surface area contributed by atoms with Crippen molar-refractivity contribution in [3.63, 3.8) is 0 Å². The molecule has 4 nitrogen and oxygen atoms in total. The van der Waals surface area contributed by atoms with Crippen molar-refractivity contribution >= 4 is 33.1 Å². The molecule has 0 aliphatic heterocycles. The van der Waals surface area contributed by atoms with Crippen LogP contribution in [-0.4, -0.2) is 27.7 Å². The van der Waals surface area contributed by atoms with Crippen LogP contribution in [0.4, 0.5) is 11.4 Å². The van der Waals surface area contributed by atoms with Crippen molar-refractivity contribution in [1.82, 2.24) is 4.98 Å². The zero-order valence-electron chi connectivity index (χ0n) is 10.3. The summed E-state index contributed by atoms with van der Waals surface area (Å²) in [5.74, 6) is 0.716. The van der Waals surface area contributed by atoms with E-state index < -0.39 is 10.8 Å². The molecule has 0 amide bonds. The summed E-state index contributed by atoms with van der Waals surface area (Å²) < 4.78 is 11.0. The fraction of sp³-hybridized carbons (Fsp3) is 0.308. The van der Waals surface area contributed by atoms with Crippen LogP contribution in [0.5, 0.6) is 0 Å². The van der Waals surface area contributed by atoms with E-state index in [0.717, 1.165) is 35.2 Å². The monoisotopic (exact) mass is 263 g/mol. The number of nitrogens with two attached hydrogens (primary N) is 1. The number of nitrogens with one attached hydrogen (secondary N) is 1. The van der Waals surface area contributed by atoms with Gasteiger partial charge >= 0.3 is 0 Å². The van der Waals surface area contributed by atoms with Gasteiger partial charge in [0.25, 0.3) is 0 Å². The van der Waals surface area contributed by atoms with Crippen molar-refractivity contribution < 1.29 is 4.21 Å². The number of aromatic nitrogens is 1. The van der Waals surface area contributed by atoms with Crippen LogP contribution in [0, 0.1) is 0 Å². The van der Waals surface area contributed by atoms with Gasteiger partial charge in [0.15, 0.2) is 0 Å². The Morgan fingerprint density at radius 1 is 1.39 bits per heavy atom. The molecular weight excluding hydrogens is 246 g/mol. The zero-order chi connectivity index (χ0) is 13.0. The molecule has 96 valence electrons. The molecule has 3 N–H and O–H groups in total. The Balaban J connectivity index is 2.14. The van der Waals surface area contributed by atoms with Crippen LogP contribution in [0.2, 0.25) is 0 Å². The molecule has 5 heteroatoms. The largest absolute Gasteiger partial charge is 0.398 e. The van der Waals surface area contributed by atoms with Gasteiger partial charge in [-0.1, -0.05) is 0 Å². The molecule has 1 aromatic carbocycles. The van der Waals surface area contributed by atoms with Crippen LogP contribution in [0.3, 0.4) is 0 Å². The molecule has 0 aliphatic rings. The summed E-state index contributed by atoms with van der Waals surface area (Å²) in [6, 6.07) is 7.66. The fourth-order valence-corrected chi connectivity index (χ4v) is 2.39. The Bertz CT molecular complexity index is 571. The summed E-state index contributed by atoms with van der Waals surface area (Å²) >= 11 is 0. The number of benzene rings is 1. The third kappa shape index (κ3) is 2.98. The van der Waals surface area contributed by atoms with Crippen LogP contribution in [0.1, 0.15) is 6.42 Å². The van der Waals surface area contributed by atoms with E-state index in [9.17, 15) is 4.21 Å². The number of anilines is 2. The smallest absolute Gasteiger partial charge is 0.0953 e. The van der Waals surface area contributed by atoms with Crippen LogP contribution in [0.15, 0.2) is 30.5 Å². The standard InChI is InChI=1S/C13H17N3OS/c1-18(17)9-3-8-15-12-6-5-11(14)10-4-2-7-16-13(10)12/h2,4-7,15H,3,8-9,14H2,1H3. The van der Waals surface area contributed by atoms with Crippen LogP contribution < -0.4 is 11.1 Å². The summed E-state index contributed by atoms with van der Waals surface area (Å²) in [6.45, 7) is 0.787. The van der Waals surface area contributed by atoms with Crippen molar-refractivity contribution in [1.29, 1.82) is 0 Å². The molecule has 0 spiro atoms. The van der Waals surface area contributed by atoms with Crippen molar-refractivity contribution in [2.75, 3.05) is 29.6 Å². The summed E-state index contributed by atoms with van der Waals surface area (Å²) in [5, 5.41) is 4.28. The van der Waals surface area contributed by atoms with Gasteiger partial charge in [0.05, 0.1) is 11.2 Å². The lowest BCUT2D eigenvalue weighted by atomic mass is 10.1. The van der Waals surface area contributed by atoms with Gasteiger partial charge in [-0.05, 0) is 30.7 Å². The van der Waals surface area contributed by atoms with E-state index in [1.807, 2.05) is 24.3 Å². The molecule has 18 heavy (non-hydrogen) atoms. The lowest BCUT2D eigenvalue weighted by molar-refractivity contribution is 0.685. The number of hydrogen-bond acceptors (Lipinski definition) is 4. The SMILES string of the molecule is CS(=O)CCCNc1ccc(N)c2cccnc12. The fourth-order valence-electron chi connectivity index (χ4n) is 1.84. The Hall–Kier alpha value is -1.62. The normalized spacial score (nSPS) is 12.5. The number of hydrogen-bond donors (Lipinski definition) is 2. The highest BCUT2D eigenvalue weighted by atomic mass is 32.2. The van der Waals surface area contributed by atoms with E-state index >= 15 is 0 Å². The Morgan fingerprint density at radius 2 is 2.22 bits per heavy atom. The van der Waals surface area contributed by atoms with Crippen molar-refractivity contribution in [3.05, 3.63) is 30.5 Å². The van der Waals surface area contributed by atoms with Gasteiger partial charge in [0.1, 0.15) is 0 Å². The first-order valence-electron chi connectivity index (χ1n) is 5.85. The summed E-state index contributed by atoms with van der Waals surface area (Å²) in [5.41, 5.74) is 8.50. The van der Waals surface area contributed by atoms with Gasteiger partial charge in [0, 0.05) is 46.6 Å². The highest BCUT2D eigenvalue weighted by molar-refractivity contribution is 7.84. The average Bonchev–Trinajstić information content (AvgIpc) is 2.37. The number of nitrogen functional groups attached to an aromatic ring is 1. The van der Waals surface area contributed by atoms with Crippen LogP contribution >= 0.6 is 0 Å². The number of fused-ring (bicyclic) bond motifs is 1. The van der Waals surface area contributed by atoms with Crippen LogP contribution in [-0.2, 0) is 10.8 Å². The molecule has 0 saturated carbocycles. The molecule has 0 saturated heterocycles. The van der Waals surface area contributed by atoms with Gasteiger partial charge in [0.2, 0.25) is 0 Å². The molecular formula is C13H17N3OS. The average molecular weight is 263 g/mol. The minimum atomic E-state index is -0.730. The van der Waals surface area contributed by atoms with Crippen molar-refractivity contribution in [2.24, 2.45) is 0 Å². The molecule has 0 bridgehead atoms. The van der Waals surface area contributed by atoms with Gasteiger partial charge in [-0.15, -0.1) is 0 Å². The predicted molar refractivity (Wildman–Crippen MR) is 78.2 cm³/mol. The molecule has 0 fully saturated rings. The Kier molecular flexibility index (Phi) is 4.15. The molecule has 1 heterocycles. The number of nitrogens with zero attached hydrogens (tertiary/aromatic N) is 1. The third-order valence-electron chi connectivity index (χ3n) is 2.73. The van der Waals surface area contributed by atoms with E-state index in [-0.39, 0.29) is 0 Å². The van der Waals surface area contributed by atoms with E-state index in [1.165, 1.54) is 0 Å². The van der Waals surface area contributed by atoms with Crippen molar-refractivity contribution in [3.8, 4) is 0 Å². The second-order valence-electron chi connectivity index (χ2n) is 4.16. The molecule has 1 unspecified atom stereocenters. The minimum Gasteiger partial charge on any atom is -0.398 e. The molecule has 2 aromatic rings. The minimum absolute atomic E-state index is 0.716. The first kappa shape index (κ1) is 12.8.